The Bertz CT molecular complexity index is 101. The molecule has 0 aromatic carbocycles. The van der Waals surface area contributed by atoms with Gasteiger partial charge in [-0.3, -0.25) is 0 Å². The van der Waals surface area contributed by atoms with Crippen LogP contribution in [0.3, 0.4) is 0 Å². The van der Waals surface area contributed by atoms with E-state index in [9.17, 15) is 0 Å². The molecule has 0 atom stereocenters. The van der Waals surface area contributed by atoms with Crippen molar-refractivity contribution < 1.29 is 0 Å². The zero-order valence-corrected chi connectivity index (χ0v) is 10.5. The Morgan fingerprint density at radius 2 is 1.89 bits per heavy atom. The number of halogens is 1. The van der Waals surface area contributed by atoms with E-state index in [1.54, 1.807) is 0 Å². The van der Waals surface area contributed by atoms with E-state index < -0.39 is 5.72 Å². The molecule has 3 heteroatoms. The quantitative estimate of drug-likeness (QED) is 0.491. The molecule has 0 N–H and O–H groups in total. The van der Waals surface area contributed by atoms with Crippen LogP contribution in [-0.4, -0.2) is 25.3 Å². The standard InChI is InChI=1S/C3H9Si.C3H3.BrH.Mg/c1-4(2)3;1-3-2;;/h1-3H3;1H,2H2;1H;. The SMILES string of the molecule is Br.C#C[CH2][Mg][Si](C)(C)C. The summed E-state index contributed by atoms with van der Waals surface area (Å²) in [6.45, 7) is 7.20. The topological polar surface area (TPSA) is 0 Å². The van der Waals surface area contributed by atoms with Crippen molar-refractivity contribution in [3.05, 3.63) is 0 Å². The Balaban J connectivity index is 0. The third kappa shape index (κ3) is 12.3. The van der Waals surface area contributed by atoms with Gasteiger partial charge in [0.05, 0.1) is 0 Å². The molecule has 0 aromatic rings. The zero-order chi connectivity index (χ0) is 6.62. The average molecular weight is 217 g/mol. The summed E-state index contributed by atoms with van der Waals surface area (Å²) >= 11 is 0.152. The predicted molar refractivity (Wildman–Crippen MR) is 53.1 cm³/mol. The van der Waals surface area contributed by atoms with Crippen LogP contribution in [0.5, 0.6) is 0 Å². The van der Waals surface area contributed by atoms with Gasteiger partial charge in [0, 0.05) is 0 Å². The van der Waals surface area contributed by atoms with Crippen molar-refractivity contribution in [3.63, 3.8) is 0 Å². The first-order valence-corrected chi connectivity index (χ1v) is 9.82. The van der Waals surface area contributed by atoms with E-state index in [1.807, 2.05) is 0 Å². The highest BCUT2D eigenvalue weighted by Gasteiger charge is 2.13. The molecule has 0 unspecified atom stereocenters. The van der Waals surface area contributed by atoms with Crippen LogP contribution in [-0.2, 0) is 0 Å². The van der Waals surface area contributed by atoms with E-state index in [2.05, 4.69) is 25.6 Å². The summed E-state index contributed by atoms with van der Waals surface area (Å²) in [5.74, 6) is 2.72. The van der Waals surface area contributed by atoms with E-state index >= 15 is 0 Å². The fraction of sp³-hybridized carbons (Fsp3) is 0.667. The normalized spacial score (nSPS) is 8.67. The van der Waals surface area contributed by atoms with Gasteiger partial charge in [0.25, 0.3) is 0 Å². The van der Waals surface area contributed by atoms with Crippen LogP contribution in [0.4, 0.5) is 0 Å². The average Bonchev–Trinajstić information content (AvgIpc) is 1.59. The lowest BCUT2D eigenvalue weighted by atomic mass is 10.8. The van der Waals surface area contributed by atoms with Crippen molar-refractivity contribution in [2.75, 3.05) is 0 Å². The largest absolute Gasteiger partial charge is 0.382 e. The lowest BCUT2D eigenvalue weighted by Crippen LogP contribution is -2.29. The smallest absolute Gasteiger partial charge is 0.135 e. The van der Waals surface area contributed by atoms with Crippen molar-refractivity contribution >= 4 is 42.3 Å². The molecule has 50 valence electrons. The van der Waals surface area contributed by atoms with Crippen LogP contribution in [0.15, 0.2) is 0 Å². The van der Waals surface area contributed by atoms with Gasteiger partial charge in [-0.15, -0.1) is 29.3 Å². The minimum Gasteiger partial charge on any atom is -0.135 e. The van der Waals surface area contributed by atoms with Gasteiger partial charge in [-0.1, -0.05) is 29.9 Å². The second-order valence-corrected chi connectivity index (χ2v) is 17.3. The number of rotatable bonds is 2. The van der Waals surface area contributed by atoms with Crippen LogP contribution in [0.1, 0.15) is 0 Å². The number of hydrogen-bond donors (Lipinski definition) is 0. The third-order valence-electron chi connectivity index (χ3n) is 1.02. The first-order valence-electron chi connectivity index (χ1n) is 3.00. The lowest BCUT2D eigenvalue weighted by Gasteiger charge is -2.11. The molecule has 0 aromatic heterocycles. The molecule has 0 bridgehead atoms. The summed E-state index contributed by atoms with van der Waals surface area (Å²) < 4.78 is 1.11. The van der Waals surface area contributed by atoms with Crippen LogP contribution in [0, 0.1) is 12.3 Å². The van der Waals surface area contributed by atoms with Gasteiger partial charge in [-0.05, 0) is 0 Å². The summed E-state index contributed by atoms with van der Waals surface area (Å²) in [7, 11) is 0. The van der Waals surface area contributed by atoms with E-state index in [0.29, 0.717) is 0 Å². The van der Waals surface area contributed by atoms with Gasteiger partial charge in [0.1, 0.15) is 0 Å². The maximum atomic E-state index is 5.14. The minimum atomic E-state index is -0.682. The van der Waals surface area contributed by atoms with Crippen LogP contribution >= 0.6 is 17.0 Å². The molecule has 0 saturated carbocycles. The monoisotopic (exact) mass is 216 g/mol. The molecule has 0 aliphatic carbocycles. The molecular weight excluding hydrogens is 204 g/mol. The molecule has 0 saturated heterocycles. The van der Waals surface area contributed by atoms with Crippen molar-refractivity contribution in [2.24, 2.45) is 0 Å². The summed E-state index contributed by atoms with van der Waals surface area (Å²) in [4.78, 5) is 0. The Kier molecular flexibility index (Phi) is 8.14. The highest BCUT2D eigenvalue weighted by Crippen LogP contribution is 1.98. The van der Waals surface area contributed by atoms with Crippen LogP contribution < -0.4 is 0 Å². The zero-order valence-electron chi connectivity index (χ0n) is 6.40. The second-order valence-electron chi connectivity index (χ2n) is 3.26. The van der Waals surface area contributed by atoms with Crippen molar-refractivity contribution in [2.45, 2.75) is 24.2 Å². The Morgan fingerprint density at radius 3 is 2.00 bits per heavy atom. The second kappa shape index (κ2) is 5.78. The Hall–Kier alpha value is 1.02. The van der Waals surface area contributed by atoms with Crippen LogP contribution in [0.2, 0.25) is 24.2 Å². The molecule has 0 aliphatic heterocycles. The number of hydrogen-bond acceptors (Lipinski definition) is 0. The molecule has 0 aliphatic rings. The minimum absolute atomic E-state index is 0. The van der Waals surface area contributed by atoms with Gasteiger partial charge >= 0.3 is 19.6 Å². The summed E-state index contributed by atoms with van der Waals surface area (Å²) in [6, 6.07) is 0. The maximum absolute atomic E-state index is 5.14. The van der Waals surface area contributed by atoms with Crippen molar-refractivity contribution in [3.8, 4) is 12.3 Å². The predicted octanol–water partition coefficient (Wildman–Crippen LogP) is 2.15. The highest BCUT2D eigenvalue weighted by molar-refractivity contribution is 8.93. The van der Waals surface area contributed by atoms with Gasteiger partial charge in [0.2, 0.25) is 0 Å². The van der Waals surface area contributed by atoms with E-state index in [1.165, 1.54) is 0 Å². The van der Waals surface area contributed by atoms with E-state index in [4.69, 9.17) is 6.42 Å². The fourth-order valence-electron chi connectivity index (χ4n) is 0.447. The number of terminal acetylenes is 1. The van der Waals surface area contributed by atoms with Gasteiger partial charge in [0.15, 0.2) is 0 Å². The van der Waals surface area contributed by atoms with Gasteiger partial charge in [-0.2, -0.15) is 0 Å². The molecule has 0 heterocycles. The molecular formula is C6H13BrMgSi. The Labute approximate surface area is 78.4 Å². The van der Waals surface area contributed by atoms with E-state index in [0.717, 1.165) is 4.55 Å². The van der Waals surface area contributed by atoms with E-state index in [-0.39, 0.29) is 36.6 Å². The molecule has 0 nitrogen and oxygen atoms in total. The fourth-order valence-corrected chi connectivity index (χ4v) is 4.02. The van der Waals surface area contributed by atoms with Crippen molar-refractivity contribution in [1.29, 1.82) is 0 Å². The van der Waals surface area contributed by atoms with Gasteiger partial charge < -0.3 is 0 Å². The molecule has 0 spiro atoms. The molecule has 0 amide bonds. The summed E-state index contributed by atoms with van der Waals surface area (Å²) in [5, 5.41) is 0. The Morgan fingerprint density at radius 1 is 1.44 bits per heavy atom. The van der Waals surface area contributed by atoms with Gasteiger partial charge in [-0.25, -0.2) is 0 Å². The molecule has 0 rings (SSSR count). The lowest BCUT2D eigenvalue weighted by molar-refractivity contribution is 1.78. The summed E-state index contributed by atoms with van der Waals surface area (Å²) in [6.07, 6.45) is 5.14. The summed E-state index contributed by atoms with van der Waals surface area (Å²) in [5.41, 5.74) is -0.682. The molecule has 0 fully saturated rings. The third-order valence-corrected chi connectivity index (χ3v) is 8.31. The molecule has 0 radical (unpaired) electrons. The first-order chi connectivity index (χ1) is 3.56. The molecule has 9 heavy (non-hydrogen) atoms. The first kappa shape index (κ1) is 12.7. The van der Waals surface area contributed by atoms with Crippen molar-refractivity contribution in [1.82, 2.24) is 0 Å². The van der Waals surface area contributed by atoms with Crippen LogP contribution in [0.25, 0.3) is 0 Å². The maximum Gasteiger partial charge on any atom is 0.382 e. The highest BCUT2D eigenvalue weighted by atomic mass is 79.9.